The van der Waals surface area contributed by atoms with E-state index in [1.54, 1.807) is 4.90 Å². The zero-order chi connectivity index (χ0) is 11.5. The molecular weight excluding hydrogens is 208 g/mol. The fraction of sp³-hybridized carbons (Fsp3) is 0.400. The largest absolute Gasteiger partial charge is 0.368 e. The van der Waals surface area contributed by atoms with Gasteiger partial charge in [0.05, 0.1) is 5.56 Å². The molecule has 2 heterocycles. The molecule has 0 aromatic carbocycles. The van der Waals surface area contributed by atoms with Gasteiger partial charge in [-0.25, -0.2) is 9.97 Å². The molecule has 1 fully saturated rings. The Balaban J connectivity index is 2.22. The number of hydrogen-bond acceptors (Lipinski definition) is 5. The standard InChI is InChI=1S/C10H12N4O2/c11-9(16)8-2-1-3-14(8)10-12-4-7(6-15)5-13-10/h4-6,8H,1-3H2,(H2,11,16). The Morgan fingerprint density at radius 3 is 2.75 bits per heavy atom. The zero-order valence-electron chi connectivity index (χ0n) is 8.67. The van der Waals surface area contributed by atoms with E-state index < -0.39 is 0 Å². The van der Waals surface area contributed by atoms with Crippen LogP contribution < -0.4 is 10.6 Å². The summed E-state index contributed by atoms with van der Waals surface area (Å²) in [5, 5.41) is 0. The summed E-state index contributed by atoms with van der Waals surface area (Å²) in [4.78, 5) is 31.5. The molecule has 0 bridgehead atoms. The van der Waals surface area contributed by atoms with Gasteiger partial charge in [0.25, 0.3) is 0 Å². The van der Waals surface area contributed by atoms with Crippen LogP contribution in [0.1, 0.15) is 23.2 Å². The summed E-state index contributed by atoms with van der Waals surface area (Å²) < 4.78 is 0. The minimum atomic E-state index is -0.361. The van der Waals surface area contributed by atoms with Crippen LogP contribution in [0.15, 0.2) is 12.4 Å². The number of nitrogens with two attached hydrogens (primary N) is 1. The first-order valence-electron chi connectivity index (χ1n) is 5.05. The molecule has 6 nitrogen and oxygen atoms in total. The summed E-state index contributed by atoms with van der Waals surface area (Å²) in [7, 11) is 0. The van der Waals surface area contributed by atoms with E-state index in [4.69, 9.17) is 5.73 Å². The third kappa shape index (κ3) is 1.86. The summed E-state index contributed by atoms with van der Waals surface area (Å²) in [6.07, 6.45) is 5.18. The highest BCUT2D eigenvalue weighted by Gasteiger charge is 2.30. The smallest absolute Gasteiger partial charge is 0.240 e. The van der Waals surface area contributed by atoms with E-state index in [0.717, 1.165) is 12.8 Å². The lowest BCUT2D eigenvalue weighted by atomic mass is 10.2. The lowest BCUT2D eigenvalue weighted by molar-refractivity contribution is -0.119. The van der Waals surface area contributed by atoms with Gasteiger partial charge >= 0.3 is 0 Å². The molecule has 1 aromatic rings. The fourth-order valence-electron chi connectivity index (χ4n) is 1.84. The highest BCUT2D eigenvalue weighted by atomic mass is 16.1. The maximum Gasteiger partial charge on any atom is 0.240 e. The molecule has 2 N–H and O–H groups in total. The number of carbonyl (C=O) groups excluding carboxylic acids is 2. The van der Waals surface area contributed by atoms with Crippen molar-refractivity contribution in [1.82, 2.24) is 9.97 Å². The number of amides is 1. The number of aromatic nitrogens is 2. The fourth-order valence-corrected chi connectivity index (χ4v) is 1.84. The highest BCUT2D eigenvalue weighted by molar-refractivity contribution is 5.83. The van der Waals surface area contributed by atoms with Crippen molar-refractivity contribution in [3.63, 3.8) is 0 Å². The first-order valence-corrected chi connectivity index (χ1v) is 5.05. The molecule has 16 heavy (non-hydrogen) atoms. The van der Waals surface area contributed by atoms with Crippen LogP contribution in [-0.4, -0.2) is 34.7 Å². The van der Waals surface area contributed by atoms with Gasteiger partial charge in [-0.2, -0.15) is 0 Å². The lowest BCUT2D eigenvalue weighted by Crippen LogP contribution is -2.41. The van der Waals surface area contributed by atoms with Gasteiger partial charge in [0, 0.05) is 18.9 Å². The Morgan fingerprint density at radius 2 is 2.19 bits per heavy atom. The van der Waals surface area contributed by atoms with E-state index >= 15 is 0 Å². The van der Waals surface area contributed by atoms with Gasteiger partial charge in [-0.15, -0.1) is 0 Å². The van der Waals surface area contributed by atoms with Crippen molar-refractivity contribution in [2.24, 2.45) is 5.73 Å². The second-order valence-corrected chi connectivity index (χ2v) is 3.69. The van der Waals surface area contributed by atoms with Gasteiger partial charge in [-0.1, -0.05) is 0 Å². The number of hydrogen-bond donors (Lipinski definition) is 1. The third-order valence-corrected chi connectivity index (χ3v) is 2.63. The predicted octanol–water partition coefficient (Wildman–Crippen LogP) is -0.257. The number of carbonyl (C=O) groups is 2. The molecule has 1 aliphatic heterocycles. The van der Waals surface area contributed by atoms with Crippen molar-refractivity contribution < 1.29 is 9.59 Å². The predicted molar refractivity (Wildman–Crippen MR) is 57.0 cm³/mol. The monoisotopic (exact) mass is 220 g/mol. The normalized spacial score (nSPS) is 19.8. The maximum atomic E-state index is 11.2. The van der Waals surface area contributed by atoms with E-state index in [0.29, 0.717) is 24.3 Å². The Morgan fingerprint density at radius 1 is 1.50 bits per heavy atom. The molecule has 1 atom stereocenters. The number of nitrogens with zero attached hydrogens (tertiary/aromatic N) is 3. The molecule has 0 aliphatic carbocycles. The van der Waals surface area contributed by atoms with E-state index in [1.807, 2.05) is 0 Å². The molecule has 1 saturated heterocycles. The maximum absolute atomic E-state index is 11.2. The van der Waals surface area contributed by atoms with Crippen LogP contribution in [0.4, 0.5) is 5.95 Å². The van der Waals surface area contributed by atoms with Crippen LogP contribution in [0, 0.1) is 0 Å². The second kappa shape index (κ2) is 4.26. The molecular formula is C10H12N4O2. The summed E-state index contributed by atoms with van der Waals surface area (Å²) in [6, 6.07) is -0.331. The van der Waals surface area contributed by atoms with Crippen LogP contribution in [0.5, 0.6) is 0 Å². The molecule has 1 aliphatic rings. The number of aldehydes is 1. The summed E-state index contributed by atoms with van der Waals surface area (Å²) in [6.45, 7) is 0.716. The van der Waals surface area contributed by atoms with E-state index in [1.165, 1.54) is 12.4 Å². The van der Waals surface area contributed by atoms with Gasteiger partial charge in [-0.3, -0.25) is 9.59 Å². The Hall–Kier alpha value is -1.98. The van der Waals surface area contributed by atoms with Gasteiger partial charge in [0.15, 0.2) is 6.29 Å². The van der Waals surface area contributed by atoms with Crippen LogP contribution in [-0.2, 0) is 4.79 Å². The molecule has 1 aromatic heterocycles. The van der Waals surface area contributed by atoms with Crippen LogP contribution >= 0.6 is 0 Å². The molecule has 1 amide bonds. The summed E-state index contributed by atoms with van der Waals surface area (Å²) in [5.74, 6) is 0.0902. The van der Waals surface area contributed by atoms with Crippen molar-refractivity contribution in [1.29, 1.82) is 0 Å². The molecule has 0 radical (unpaired) electrons. The summed E-state index contributed by atoms with van der Waals surface area (Å²) in [5.41, 5.74) is 5.70. The lowest BCUT2D eigenvalue weighted by Gasteiger charge is -2.21. The number of anilines is 1. The first kappa shape index (κ1) is 10.5. The third-order valence-electron chi connectivity index (χ3n) is 2.63. The van der Waals surface area contributed by atoms with Crippen molar-refractivity contribution in [2.75, 3.05) is 11.4 Å². The molecule has 1 unspecified atom stereocenters. The van der Waals surface area contributed by atoms with Gasteiger partial charge < -0.3 is 10.6 Å². The second-order valence-electron chi connectivity index (χ2n) is 3.69. The number of primary amides is 1. The molecule has 84 valence electrons. The summed E-state index contributed by atoms with van der Waals surface area (Å²) >= 11 is 0. The molecule has 6 heteroatoms. The molecule has 0 spiro atoms. The van der Waals surface area contributed by atoms with Crippen LogP contribution in [0.3, 0.4) is 0 Å². The highest BCUT2D eigenvalue weighted by Crippen LogP contribution is 2.21. The Bertz CT molecular complexity index is 404. The quantitative estimate of drug-likeness (QED) is 0.709. The van der Waals surface area contributed by atoms with Crippen molar-refractivity contribution in [3.8, 4) is 0 Å². The van der Waals surface area contributed by atoms with E-state index in [9.17, 15) is 9.59 Å². The van der Waals surface area contributed by atoms with Gasteiger partial charge in [0.2, 0.25) is 11.9 Å². The zero-order valence-corrected chi connectivity index (χ0v) is 8.67. The number of rotatable bonds is 3. The minimum absolute atomic E-state index is 0.331. The van der Waals surface area contributed by atoms with E-state index in [2.05, 4.69) is 9.97 Å². The van der Waals surface area contributed by atoms with Crippen molar-refractivity contribution >= 4 is 18.1 Å². The Kier molecular flexibility index (Phi) is 2.80. The van der Waals surface area contributed by atoms with Crippen LogP contribution in [0.25, 0.3) is 0 Å². The average Bonchev–Trinajstić information content (AvgIpc) is 2.78. The van der Waals surface area contributed by atoms with E-state index in [-0.39, 0.29) is 11.9 Å². The van der Waals surface area contributed by atoms with Crippen molar-refractivity contribution in [2.45, 2.75) is 18.9 Å². The minimum Gasteiger partial charge on any atom is -0.368 e. The topological polar surface area (TPSA) is 89.2 Å². The van der Waals surface area contributed by atoms with Crippen LogP contribution in [0.2, 0.25) is 0 Å². The van der Waals surface area contributed by atoms with Gasteiger partial charge in [-0.05, 0) is 12.8 Å². The first-order chi connectivity index (χ1) is 7.72. The average molecular weight is 220 g/mol. The molecule has 2 rings (SSSR count). The van der Waals surface area contributed by atoms with Gasteiger partial charge in [0.1, 0.15) is 6.04 Å². The Labute approximate surface area is 92.5 Å². The molecule has 0 saturated carbocycles. The van der Waals surface area contributed by atoms with Crippen molar-refractivity contribution in [3.05, 3.63) is 18.0 Å². The SMILES string of the molecule is NC(=O)C1CCCN1c1ncc(C=O)cn1.